The molecule has 74 valence electrons. The molecule has 0 aliphatic carbocycles. The number of nitrogens with zero attached hydrogens (tertiary/aromatic N) is 3. The van der Waals surface area contributed by atoms with Gasteiger partial charge < -0.3 is 4.74 Å². The molecule has 0 amide bonds. The Hall–Kier alpha value is -1.26. The van der Waals surface area contributed by atoms with Gasteiger partial charge in [-0.2, -0.15) is 0 Å². The number of ether oxygens (including phenoxy) is 1. The molecular weight excluding hydrogens is 170 g/mol. The lowest BCUT2D eigenvalue weighted by Gasteiger charge is -1.99. The fourth-order valence-corrected chi connectivity index (χ4v) is 0.993. The molecule has 1 aromatic rings. The monoisotopic (exact) mass is 185 g/mol. The Bertz CT molecular complexity index is 327. The van der Waals surface area contributed by atoms with E-state index < -0.39 is 0 Å². The maximum atomic E-state index is 11.4. The predicted octanol–water partition coefficient (Wildman–Crippen LogP) is 0.390. The highest BCUT2D eigenvalue weighted by atomic mass is 16.5. The Kier molecular flexibility index (Phi) is 3.11. The van der Waals surface area contributed by atoms with Crippen LogP contribution in [0.1, 0.15) is 20.3 Å². The van der Waals surface area contributed by atoms with Crippen LogP contribution >= 0.6 is 0 Å². The summed E-state index contributed by atoms with van der Waals surface area (Å²) in [4.78, 5) is 11.4. The molecule has 0 aliphatic heterocycles. The first kappa shape index (κ1) is 9.83. The minimum absolute atomic E-state index is 0.131. The second-order valence-corrected chi connectivity index (χ2v) is 2.79. The number of hydrogen-bond acceptors (Lipinski definition) is 3. The van der Waals surface area contributed by atoms with Gasteiger partial charge in [0.05, 0.1) is 6.61 Å². The fourth-order valence-electron chi connectivity index (χ4n) is 0.993. The standard InChI is InChI=1S/C8H15N3O2/c1-4-6-13-7-9-11(5-2)8(12)10(7)3/h4-6H2,1-3H3. The summed E-state index contributed by atoms with van der Waals surface area (Å²) in [5.74, 6) is 0. The summed E-state index contributed by atoms with van der Waals surface area (Å²) in [5, 5.41) is 4.01. The summed E-state index contributed by atoms with van der Waals surface area (Å²) in [6.07, 6.45) is 0.910. The normalized spacial score (nSPS) is 10.4. The van der Waals surface area contributed by atoms with Gasteiger partial charge in [-0.05, 0) is 13.3 Å². The Balaban J connectivity index is 2.89. The molecule has 0 saturated heterocycles. The molecule has 0 radical (unpaired) electrons. The molecule has 0 saturated carbocycles. The van der Waals surface area contributed by atoms with Crippen molar-refractivity contribution in [3.63, 3.8) is 0 Å². The Morgan fingerprint density at radius 1 is 1.46 bits per heavy atom. The third kappa shape index (κ3) is 1.91. The van der Waals surface area contributed by atoms with Crippen molar-refractivity contribution in [2.24, 2.45) is 7.05 Å². The van der Waals surface area contributed by atoms with Crippen molar-refractivity contribution >= 4 is 0 Å². The molecule has 0 unspecified atom stereocenters. The average molecular weight is 185 g/mol. The van der Waals surface area contributed by atoms with E-state index >= 15 is 0 Å². The molecular formula is C8H15N3O2. The van der Waals surface area contributed by atoms with E-state index in [1.165, 1.54) is 9.25 Å². The summed E-state index contributed by atoms with van der Waals surface area (Å²) < 4.78 is 8.08. The van der Waals surface area contributed by atoms with Gasteiger partial charge in [-0.25, -0.2) is 14.0 Å². The molecule has 0 atom stereocenters. The molecule has 1 aromatic heterocycles. The van der Waals surface area contributed by atoms with E-state index in [0.29, 0.717) is 19.2 Å². The Morgan fingerprint density at radius 3 is 2.62 bits per heavy atom. The lowest BCUT2D eigenvalue weighted by molar-refractivity contribution is 0.279. The molecule has 0 aromatic carbocycles. The van der Waals surface area contributed by atoms with Crippen LogP contribution in [0.2, 0.25) is 0 Å². The first-order chi connectivity index (χ1) is 6.20. The minimum atomic E-state index is -0.131. The average Bonchev–Trinajstić information content (AvgIpc) is 2.41. The van der Waals surface area contributed by atoms with Crippen molar-refractivity contribution in [1.82, 2.24) is 14.3 Å². The molecule has 1 rings (SSSR count). The van der Waals surface area contributed by atoms with Gasteiger partial charge in [0.2, 0.25) is 0 Å². The van der Waals surface area contributed by atoms with Gasteiger partial charge in [0.1, 0.15) is 0 Å². The third-order valence-electron chi connectivity index (χ3n) is 1.74. The van der Waals surface area contributed by atoms with Crippen LogP contribution in [0.5, 0.6) is 6.01 Å². The van der Waals surface area contributed by atoms with Gasteiger partial charge in [0.15, 0.2) is 0 Å². The van der Waals surface area contributed by atoms with Gasteiger partial charge >= 0.3 is 11.7 Å². The minimum Gasteiger partial charge on any atom is -0.464 e. The quantitative estimate of drug-likeness (QED) is 0.681. The highest BCUT2D eigenvalue weighted by Crippen LogP contribution is 2.00. The summed E-state index contributed by atoms with van der Waals surface area (Å²) >= 11 is 0. The van der Waals surface area contributed by atoms with E-state index in [4.69, 9.17) is 4.74 Å². The van der Waals surface area contributed by atoms with E-state index in [1.54, 1.807) is 7.05 Å². The van der Waals surface area contributed by atoms with Crippen LogP contribution in [-0.4, -0.2) is 21.0 Å². The number of hydrogen-bond donors (Lipinski definition) is 0. The van der Waals surface area contributed by atoms with Crippen LogP contribution in [0.25, 0.3) is 0 Å². The second-order valence-electron chi connectivity index (χ2n) is 2.79. The zero-order valence-corrected chi connectivity index (χ0v) is 8.28. The summed E-state index contributed by atoms with van der Waals surface area (Å²) in [5.41, 5.74) is -0.131. The van der Waals surface area contributed by atoms with E-state index in [9.17, 15) is 4.79 Å². The molecule has 0 N–H and O–H groups in total. The van der Waals surface area contributed by atoms with Crippen molar-refractivity contribution in [2.45, 2.75) is 26.8 Å². The van der Waals surface area contributed by atoms with Crippen molar-refractivity contribution in [1.29, 1.82) is 0 Å². The van der Waals surface area contributed by atoms with Crippen LogP contribution in [0.4, 0.5) is 0 Å². The van der Waals surface area contributed by atoms with Crippen LogP contribution in [0.15, 0.2) is 4.79 Å². The number of aromatic nitrogens is 3. The fraction of sp³-hybridized carbons (Fsp3) is 0.750. The Morgan fingerprint density at radius 2 is 2.15 bits per heavy atom. The van der Waals surface area contributed by atoms with E-state index in [-0.39, 0.29) is 5.69 Å². The Labute approximate surface area is 76.9 Å². The predicted molar refractivity (Wildman–Crippen MR) is 48.9 cm³/mol. The molecule has 0 spiro atoms. The zero-order valence-electron chi connectivity index (χ0n) is 8.28. The zero-order chi connectivity index (χ0) is 9.84. The topological polar surface area (TPSA) is 49.1 Å². The highest BCUT2D eigenvalue weighted by molar-refractivity contribution is 4.92. The maximum Gasteiger partial charge on any atom is 0.348 e. The van der Waals surface area contributed by atoms with E-state index in [0.717, 1.165) is 6.42 Å². The molecule has 5 nitrogen and oxygen atoms in total. The first-order valence-electron chi connectivity index (χ1n) is 4.47. The highest BCUT2D eigenvalue weighted by Gasteiger charge is 2.08. The molecule has 0 fully saturated rings. The second kappa shape index (κ2) is 4.11. The van der Waals surface area contributed by atoms with Crippen LogP contribution in [0, 0.1) is 0 Å². The summed E-state index contributed by atoms with van der Waals surface area (Å²) in [6.45, 7) is 5.04. The van der Waals surface area contributed by atoms with Gasteiger partial charge in [0, 0.05) is 13.6 Å². The first-order valence-corrected chi connectivity index (χ1v) is 4.47. The maximum absolute atomic E-state index is 11.4. The van der Waals surface area contributed by atoms with Crippen molar-refractivity contribution in [3.05, 3.63) is 10.5 Å². The van der Waals surface area contributed by atoms with Crippen molar-refractivity contribution < 1.29 is 4.74 Å². The van der Waals surface area contributed by atoms with Crippen molar-refractivity contribution in [2.75, 3.05) is 6.61 Å². The SMILES string of the molecule is CCCOc1nn(CC)c(=O)n1C. The van der Waals surface area contributed by atoms with Gasteiger partial charge in [0.25, 0.3) is 0 Å². The largest absolute Gasteiger partial charge is 0.464 e. The molecule has 5 heteroatoms. The van der Waals surface area contributed by atoms with Gasteiger partial charge in [-0.3, -0.25) is 0 Å². The molecule has 13 heavy (non-hydrogen) atoms. The van der Waals surface area contributed by atoms with Crippen LogP contribution < -0.4 is 10.4 Å². The summed E-state index contributed by atoms with van der Waals surface area (Å²) in [6, 6.07) is 0.397. The number of rotatable bonds is 4. The van der Waals surface area contributed by atoms with Gasteiger partial charge in [-0.1, -0.05) is 6.92 Å². The third-order valence-corrected chi connectivity index (χ3v) is 1.74. The number of aryl methyl sites for hydroxylation is 1. The summed E-state index contributed by atoms with van der Waals surface area (Å²) in [7, 11) is 1.66. The lowest BCUT2D eigenvalue weighted by atomic mass is 10.5. The van der Waals surface area contributed by atoms with E-state index in [1.807, 2.05) is 13.8 Å². The molecule has 0 bridgehead atoms. The lowest BCUT2D eigenvalue weighted by Crippen LogP contribution is -2.22. The van der Waals surface area contributed by atoms with Crippen LogP contribution in [-0.2, 0) is 13.6 Å². The smallest absolute Gasteiger partial charge is 0.348 e. The molecule has 1 heterocycles. The van der Waals surface area contributed by atoms with Gasteiger partial charge in [-0.15, -0.1) is 5.10 Å². The molecule has 0 aliphatic rings. The van der Waals surface area contributed by atoms with E-state index in [2.05, 4.69) is 5.10 Å². The van der Waals surface area contributed by atoms with Crippen LogP contribution in [0.3, 0.4) is 0 Å². The van der Waals surface area contributed by atoms with Crippen molar-refractivity contribution in [3.8, 4) is 6.01 Å².